The van der Waals surface area contributed by atoms with E-state index < -0.39 is 0 Å². The Morgan fingerprint density at radius 1 is 1.18 bits per heavy atom. The highest BCUT2D eigenvalue weighted by atomic mass is 16.5. The largest absolute Gasteiger partial charge is 0.497 e. The number of benzene rings is 1. The first-order valence-corrected chi connectivity index (χ1v) is 12.3. The molecule has 2 atom stereocenters. The molecule has 2 aromatic rings. The van der Waals surface area contributed by atoms with E-state index >= 15 is 0 Å². The zero-order valence-electron chi connectivity index (χ0n) is 20.5. The van der Waals surface area contributed by atoms with E-state index in [2.05, 4.69) is 23.3 Å². The van der Waals surface area contributed by atoms with Gasteiger partial charge in [-0.15, -0.1) is 0 Å². The third-order valence-electron chi connectivity index (χ3n) is 7.34. The molecule has 0 radical (unpaired) electrons. The Bertz CT molecular complexity index is 1020. The number of likely N-dealkylation sites (N-methyl/N-ethyl adjacent to an activating group) is 1. The molecule has 2 heterocycles. The van der Waals surface area contributed by atoms with E-state index in [-0.39, 0.29) is 17.9 Å². The van der Waals surface area contributed by atoms with Gasteiger partial charge in [0.25, 0.3) is 5.91 Å². The lowest BCUT2D eigenvalue weighted by molar-refractivity contribution is -0.137. The number of allylic oxidation sites excluding steroid dienone is 2. The normalized spacial score (nSPS) is 19.6. The predicted octanol–water partition coefficient (Wildman–Crippen LogP) is 3.71. The average Bonchev–Trinajstić information content (AvgIpc) is 3.33. The topological polar surface area (TPSA) is 67.7 Å². The van der Waals surface area contributed by atoms with Gasteiger partial charge in [0.15, 0.2) is 0 Å². The van der Waals surface area contributed by atoms with Crippen molar-refractivity contribution in [3.63, 3.8) is 0 Å². The summed E-state index contributed by atoms with van der Waals surface area (Å²) in [5, 5.41) is 4.33. The summed E-state index contributed by atoms with van der Waals surface area (Å²) >= 11 is 0. The van der Waals surface area contributed by atoms with Crippen LogP contribution < -0.4 is 4.74 Å². The van der Waals surface area contributed by atoms with Crippen LogP contribution in [0.4, 0.5) is 0 Å². The number of carbonyl (C=O) groups is 2. The van der Waals surface area contributed by atoms with Gasteiger partial charge in [-0.25, -0.2) is 0 Å². The molecule has 1 aromatic heterocycles. The molecule has 4 rings (SSSR count). The van der Waals surface area contributed by atoms with Crippen LogP contribution in [-0.2, 0) is 18.3 Å². The molecule has 0 bridgehead atoms. The van der Waals surface area contributed by atoms with Crippen LogP contribution in [0.15, 0.2) is 48.7 Å². The number of methoxy groups -OCH3 is 1. The number of aromatic nitrogens is 2. The molecule has 2 aliphatic rings. The van der Waals surface area contributed by atoms with E-state index in [1.54, 1.807) is 24.1 Å². The molecule has 1 aromatic carbocycles. The minimum absolute atomic E-state index is 0.0106. The van der Waals surface area contributed by atoms with Gasteiger partial charge in [-0.3, -0.25) is 14.3 Å². The van der Waals surface area contributed by atoms with Crippen LogP contribution in [0.3, 0.4) is 0 Å². The fraction of sp³-hybridized carbons (Fsp3) is 0.519. The summed E-state index contributed by atoms with van der Waals surface area (Å²) in [5.41, 5.74) is 1.59. The number of hydrogen-bond donors (Lipinski definition) is 0. The zero-order chi connectivity index (χ0) is 24.1. The van der Waals surface area contributed by atoms with E-state index in [9.17, 15) is 9.59 Å². The van der Waals surface area contributed by atoms with Crippen LogP contribution in [0.25, 0.3) is 0 Å². The van der Waals surface area contributed by atoms with Crippen LogP contribution in [0, 0.1) is 11.8 Å². The van der Waals surface area contributed by atoms with E-state index in [0.717, 1.165) is 62.9 Å². The molecule has 0 N–H and O–H groups in total. The lowest BCUT2D eigenvalue weighted by atomic mass is 9.84. The van der Waals surface area contributed by atoms with Crippen molar-refractivity contribution >= 4 is 11.8 Å². The number of hydrogen-bond acceptors (Lipinski definition) is 4. The van der Waals surface area contributed by atoms with Crippen LogP contribution in [0.1, 0.15) is 48.2 Å². The molecule has 1 fully saturated rings. The Morgan fingerprint density at radius 3 is 2.62 bits per heavy atom. The number of likely N-dealkylation sites (tertiary alicyclic amines) is 1. The van der Waals surface area contributed by atoms with Crippen molar-refractivity contribution in [1.29, 1.82) is 0 Å². The predicted molar refractivity (Wildman–Crippen MR) is 132 cm³/mol. The highest BCUT2D eigenvalue weighted by Gasteiger charge is 2.35. The van der Waals surface area contributed by atoms with Gasteiger partial charge in [-0.1, -0.05) is 24.3 Å². The fourth-order valence-corrected chi connectivity index (χ4v) is 5.30. The number of aryl methyl sites for hydroxylation is 1. The number of piperidine rings is 1. The maximum Gasteiger partial charge on any atom is 0.274 e. The molecule has 0 spiro atoms. The number of rotatable bonds is 7. The quantitative estimate of drug-likeness (QED) is 0.586. The second kappa shape index (κ2) is 10.9. The zero-order valence-corrected chi connectivity index (χ0v) is 20.5. The maximum atomic E-state index is 13.3. The lowest BCUT2D eigenvalue weighted by Gasteiger charge is -2.41. The Morgan fingerprint density at radius 2 is 1.97 bits per heavy atom. The van der Waals surface area contributed by atoms with E-state index in [1.165, 1.54) is 0 Å². The minimum atomic E-state index is -0.0685. The van der Waals surface area contributed by atoms with Gasteiger partial charge in [-0.2, -0.15) is 5.10 Å². The van der Waals surface area contributed by atoms with E-state index in [0.29, 0.717) is 17.5 Å². The molecule has 1 aliphatic heterocycles. The van der Waals surface area contributed by atoms with Crippen molar-refractivity contribution in [2.24, 2.45) is 18.9 Å². The molecule has 2 unspecified atom stereocenters. The Hall–Kier alpha value is -3.09. The van der Waals surface area contributed by atoms with Crippen molar-refractivity contribution in [2.45, 2.75) is 44.6 Å². The van der Waals surface area contributed by atoms with Crippen LogP contribution >= 0.6 is 0 Å². The summed E-state index contributed by atoms with van der Waals surface area (Å²) in [6, 6.07) is 9.83. The molecule has 2 amide bonds. The molecule has 0 saturated carbocycles. The number of nitrogens with zero attached hydrogens (tertiary/aromatic N) is 4. The molecular weight excluding hydrogens is 428 g/mol. The second-order valence-corrected chi connectivity index (χ2v) is 9.56. The molecule has 1 saturated heterocycles. The number of carbonyl (C=O) groups excluding carboxylic acids is 2. The molecule has 7 heteroatoms. The van der Waals surface area contributed by atoms with Crippen molar-refractivity contribution in [2.75, 3.05) is 27.2 Å². The first kappa shape index (κ1) is 24.0. The van der Waals surface area contributed by atoms with Crippen LogP contribution in [0.5, 0.6) is 5.75 Å². The molecule has 7 nitrogen and oxygen atoms in total. The molecule has 182 valence electrons. The van der Waals surface area contributed by atoms with Crippen molar-refractivity contribution in [3.05, 3.63) is 59.9 Å². The molecule has 34 heavy (non-hydrogen) atoms. The molecule has 1 aliphatic carbocycles. The third-order valence-corrected chi connectivity index (χ3v) is 7.34. The van der Waals surface area contributed by atoms with Gasteiger partial charge in [0, 0.05) is 45.3 Å². The Labute approximate surface area is 202 Å². The second-order valence-electron chi connectivity index (χ2n) is 9.56. The van der Waals surface area contributed by atoms with E-state index in [1.807, 2.05) is 42.1 Å². The maximum absolute atomic E-state index is 13.3. The summed E-state index contributed by atoms with van der Waals surface area (Å²) < 4.78 is 7.07. The van der Waals surface area contributed by atoms with Crippen molar-refractivity contribution < 1.29 is 14.3 Å². The highest BCUT2D eigenvalue weighted by Crippen LogP contribution is 2.30. The van der Waals surface area contributed by atoms with Gasteiger partial charge in [0.1, 0.15) is 11.4 Å². The summed E-state index contributed by atoms with van der Waals surface area (Å²) in [6.07, 6.45) is 11.4. The fourth-order valence-electron chi connectivity index (χ4n) is 5.30. The van der Waals surface area contributed by atoms with Gasteiger partial charge < -0.3 is 14.5 Å². The van der Waals surface area contributed by atoms with Gasteiger partial charge >= 0.3 is 0 Å². The van der Waals surface area contributed by atoms with Crippen molar-refractivity contribution in [1.82, 2.24) is 19.6 Å². The van der Waals surface area contributed by atoms with E-state index in [4.69, 9.17) is 4.74 Å². The molecular formula is C27H36N4O3. The summed E-state index contributed by atoms with van der Waals surface area (Å²) in [5.74, 6) is 1.48. The van der Waals surface area contributed by atoms with Gasteiger partial charge in [0.2, 0.25) is 5.91 Å². The van der Waals surface area contributed by atoms with Crippen LogP contribution in [0.2, 0.25) is 0 Å². The minimum Gasteiger partial charge on any atom is -0.497 e. The number of ether oxygens (including phenoxy) is 1. The SMILES string of the molecule is COc1cccc(CC(C2CCN(C(=O)C3CC=CCC3)CC2)N(C)C(=O)c2ccn(C)n2)c1. The smallest absolute Gasteiger partial charge is 0.274 e. The van der Waals surface area contributed by atoms with Crippen LogP contribution in [-0.4, -0.2) is 64.7 Å². The summed E-state index contributed by atoms with van der Waals surface area (Å²) in [7, 11) is 5.37. The monoisotopic (exact) mass is 464 g/mol. The first-order valence-electron chi connectivity index (χ1n) is 12.3. The standard InChI is InChI=1S/C27H36N4O3/c1-29-15-14-24(28-29)27(33)30(2)25(19-20-8-7-11-23(18-20)34-3)21-12-16-31(17-13-21)26(32)22-9-5-4-6-10-22/h4-5,7-8,11,14-15,18,21-22,25H,6,9-10,12-13,16-17,19H2,1-3H3. The van der Waals surface area contributed by atoms with Gasteiger partial charge in [-0.05, 0) is 68.2 Å². The Balaban J connectivity index is 1.49. The lowest BCUT2D eigenvalue weighted by Crippen LogP contribution is -2.49. The first-order chi connectivity index (χ1) is 16.5. The van der Waals surface area contributed by atoms with Crippen molar-refractivity contribution in [3.8, 4) is 5.75 Å². The number of amides is 2. The highest BCUT2D eigenvalue weighted by molar-refractivity contribution is 5.92. The summed E-state index contributed by atoms with van der Waals surface area (Å²) in [4.78, 5) is 30.2. The average molecular weight is 465 g/mol. The third kappa shape index (κ3) is 5.51. The summed E-state index contributed by atoms with van der Waals surface area (Å²) in [6.45, 7) is 1.51. The van der Waals surface area contributed by atoms with Gasteiger partial charge in [0.05, 0.1) is 7.11 Å². The Kier molecular flexibility index (Phi) is 7.70.